The number of esters is 2. The molecule has 0 saturated carbocycles. The Hall–Kier alpha value is -2.45. The highest BCUT2D eigenvalue weighted by Crippen LogP contribution is 2.14. The summed E-state index contributed by atoms with van der Waals surface area (Å²) in [6.45, 7) is 4.50. The first-order chi connectivity index (χ1) is 26.6. The van der Waals surface area contributed by atoms with Crippen molar-refractivity contribution in [3.63, 3.8) is 0 Å². The van der Waals surface area contributed by atoms with Crippen molar-refractivity contribution in [2.24, 2.45) is 0 Å². The topological polar surface area (TPSA) is 102 Å². The fraction of sp³-hybridized carbons (Fsp3) is 0.809. The Morgan fingerprint density at radius 3 is 1.55 bits per heavy atom. The molecule has 0 aliphatic carbocycles. The molecule has 0 N–H and O–H groups in total. The van der Waals surface area contributed by atoms with Gasteiger partial charge in [-0.15, -0.1) is 0 Å². The smallest absolute Gasteiger partial charge is 0.306 e. The van der Waals surface area contributed by atoms with Crippen LogP contribution < -0.4 is 5.11 Å². The van der Waals surface area contributed by atoms with Crippen LogP contribution in [0.1, 0.15) is 194 Å². The molecular weight excluding hydrogens is 691 g/mol. The lowest BCUT2D eigenvalue weighted by atomic mass is 10.0. The van der Waals surface area contributed by atoms with E-state index in [9.17, 15) is 19.5 Å². The Bertz CT molecular complexity index is 1000. The summed E-state index contributed by atoms with van der Waals surface area (Å²) in [7, 11) is 5.39. The molecule has 0 aromatic carbocycles. The monoisotopic (exact) mass is 776 g/mol. The highest BCUT2D eigenvalue weighted by atomic mass is 16.6. The third-order valence-electron chi connectivity index (χ3n) is 10.0. The van der Waals surface area contributed by atoms with Crippen molar-refractivity contribution in [1.82, 2.24) is 0 Å². The molecule has 0 amide bonds. The summed E-state index contributed by atoms with van der Waals surface area (Å²) < 4.78 is 17.1. The molecule has 8 nitrogen and oxygen atoms in total. The Morgan fingerprint density at radius 2 is 1.02 bits per heavy atom. The summed E-state index contributed by atoms with van der Waals surface area (Å²) in [5, 5.41) is 11.6. The summed E-state index contributed by atoms with van der Waals surface area (Å²) >= 11 is 0. The van der Waals surface area contributed by atoms with Crippen molar-refractivity contribution < 1.29 is 38.2 Å². The SMILES string of the molecule is CC/C=C/C/C=C/CCCCC(=O)OC(COCCC(C(=O)[O-])[N+](C)(C)C)COC(=O)CCCCCCCCC/C=C/CCCCCCCCCCCCC. The van der Waals surface area contributed by atoms with Crippen LogP contribution in [0.5, 0.6) is 0 Å². The molecule has 0 aliphatic rings. The number of hydrogen-bond donors (Lipinski definition) is 0. The summed E-state index contributed by atoms with van der Waals surface area (Å²) in [6, 6.07) is -0.730. The molecular formula is C47H85NO7. The molecule has 2 atom stereocenters. The predicted octanol–water partition coefficient (Wildman–Crippen LogP) is 10.9. The van der Waals surface area contributed by atoms with E-state index in [-0.39, 0.29) is 49.1 Å². The van der Waals surface area contributed by atoms with Gasteiger partial charge in [-0.25, -0.2) is 0 Å². The van der Waals surface area contributed by atoms with Crippen LogP contribution in [0.4, 0.5) is 0 Å². The maximum Gasteiger partial charge on any atom is 0.306 e. The van der Waals surface area contributed by atoms with Gasteiger partial charge in [-0.2, -0.15) is 0 Å². The molecule has 0 aromatic heterocycles. The summed E-state index contributed by atoms with van der Waals surface area (Å²) in [5.41, 5.74) is 0. The molecule has 8 heteroatoms. The van der Waals surface area contributed by atoms with Gasteiger partial charge in [0.25, 0.3) is 0 Å². The molecule has 0 aromatic rings. The quantitative estimate of drug-likeness (QED) is 0.0264. The molecule has 0 spiro atoms. The molecule has 0 radical (unpaired) electrons. The predicted molar refractivity (Wildman–Crippen MR) is 227 cm³/mol. The molecule has 0 bridgehead atoms. The summed E-state index contributed by atoms with van der Waals surface area (Å²) in [6.07, 6.45) is 43.4. The van der Waals surface area contributed by atoms with Crippen LogP contribution in [-0.2, 0) is 28.6 Å². The van der Waals surface area contributed by atoms with Gasteiger partial charge in [-0.3, -0.25) is 9.59 Å². The van der Waals surface area contributed by atoms with E-state index in [1.807, 2.05) is 0 Å². The van der Waals surface area contributed by atoms with E-state index >= 15 is 0 Å². The van der Waals surface area contributed by atoms with Crippen LogP contribution in [-0.4, -0.2) is 75.5 Å². The Labute approximate surface area is 338 Å². The highest BCUT2D eigenvalue weighted by molar-refractivity contribution is 5.70. The average molecular weight is 776 g/mol. The number of carboxylic acid groups (broad SMARTS) is 1. The number of quaternary nitrogens is 1. The zero-order chi connectivity index (χ0) is 40.7. The molecule has 0 fully saturated rings. The van der Waals surface area contributed by atoms with Gasteiger partial charge in [0.1, 0.15) is 12.6 Å². The largest absolute Gasteiger partial charge is 0.544 e. The lowest BCUT2D eigenvalue weighted by molar-refractivity contribution is -0.889. The van der Waals surface area contributed by atoms with Crippen molar-refractivity contribution in [3.05, 3.63) is 36.5 Å². The van der Waals surface area contributed by atoms with Crippen LogP contribution in [0, 0.1) is 0 Å². The van der Waals surface area contributed by atoms with Crippen molar-refractivity contribution in [2.45, 2.75) is 206 Å². The summed E-state index contributed by atoms with van der Waals surface area (Å²) in [5.74, 6) is -1.79. The van der Waals surface area contributed by atoms with Crippen LogP contribution in [0.2, 0.25) is 0 Å². The van der Waals surface area contributed by atoms with Gasteiger partial charge in [0, 0.05) is 19.3 Å². The molecule has 320 valence electrons. The number of ether oxygens (including phenoxy) is 3. The Kier molecular flexibility index (Phi) is 36.7. The van der Waals surface area contributed by atoms with Gasteiger partial charge in [-0.1, -0.05) is 147 Å². The normalized spacial score (nSPS) is 13.3. The number of unbranched alkanes of at least 4 members (excludes halogenated alkanes) is 20. The van der Waals surface area contributed by atoms with Crippen LogP contribution >= 0.6 is 0 Å². The van der Waals surface area contributed by atoms with E-state index in [0.717, 1.165) is 44.9 Å². The van der Waals surface area contributed by atoms with E-state index < -0.39 is 18.1 Å². The number of likely N-dealkylation sites (N-methyl/N-ethyl adjacent to an activating group) is 1. The fourth-order valence-corrected chi connectivity index (χ4v) is 6.51. The third-order valence-corrected chi connectivity index (χ3v) is 10.0. The lowest BCUT2D eigenvalue weighted by Crippen LogP contribution is -2.55. The zero-order valence-electron chi connectivity index (χ0n) is 36.3. The molecule has 55 heavy (non-hydrogen) atoms. The van der Waals surface area contributed by atoms with Crippen LogP contribution in [0.15, 0.2) is 36.5 Å². The van der Waals surface area contributed by atoms with Crippen LogP contribution in [0.3, 0.4) is 0 Å². The molecule has 0 heterocycles. The van der Waals surface area contributed by atoms with Crippen molar-refractivity contribution in [1.29, 1.82) is 0 Å². The first-order valence-corrected chi connectivity index (χ1v) is 22.5. The Morgan fingerprint density at radius 1 is 0.564 bits per heavy atom. The van der Waals surface area contributed by atoms with Gasteiger partial charge in [-0.05, 0) is 64.2 Å². The van der Waals surface area contributed by atoms with Gasteiger partial charge in [0.15, 0.2) is 6.10 Å². The van der Waals surface area contributed by atoms with Crippen molar-refractivity contribution in [3.8, 4) is 0 Å². The van der Waals surface area contributed by atoms with Gasteiger partial charge in [0.05, 0.1) is 40.3 Å². The van der Waals surface area contributed by atoms with Crippen molar-refractivity contribution >= 4 is 17.9 Å². The van der Waals surface area contributed by atoms with Crippen LogP contribution in [0.25, 0.3) is 0 Å². The molecule has 0 aliphatic heterocycles. The second-order valence-electron chi connectivity index (χ2n) is 16.3. The third kappa shape index (κ3) is 36.9. The number of carboxylic acids is 1. The maximum atomic E-state index is 12.6. The zero-order valence-corrected chi connectivity index (χ0v) is 36.3. The first-order valence-electron chi connectivity index (χ1n) is 22.5. The lowest BCUT2D eigenvalue weighted by Gasteiger charge is -2.34. The highest BCUT2D eigenvalue weighted by Gasteiger charge is 2.25. The maximum absolute atomic E-state index is 12.6. The fourth-order valence-electron chi connectivity index (χ4n) is 6.51. The van der Waals surface area contributed by atoms with E-state index in [4.69, 9.17) is 14.2 Å². The number of nitrogens with zero attached hydrogens (tertiary/aromatic N) is 1. The minimum Gasteiger partial charge on any atom is -0.544 e. The number of hydrogen-bond acceptors (Lipinski definition) is 7. The molecule has 0 saturated heterocycles. The van der Waals surface area contributed by atoms with E-state index in [2.05, 4.69) is 50.3 Å². The number of aliphatic carboxylic acids is 1. The summed E-state index contributed by atoms with van der Waals surface area (Å²) in [4.78, 5) is 36.7. The van der Waals surface area contributed by atoms with E-state index in [1.54, 1.807) is 21.1 Å². The van der Waals surface area contributed by atoms with E-state index in [1.165, 1.54) is 109 Å². The standard InChI is InChI=1S/C47H85NO7/c1-6-8-10-12-14-16-17-18-19-20-21-22-23-24-25-26-27-28-30-31-33-35-37-45(49)54-42-43(41-53-40-39-44(47(51)52)48(3,4)5)55-46(50)38-36-34-32-29-15-13-11-9-7-2/h9,11,15,23-24,29,43-44H,6-8,10,12-14,16-22,25-28,30-42H2,1-5H3/b11-9+,24-23+,29-15+. The number of carbonyl (C=O) groups excluding carboxylic acids is 3. The second-order valence-corrected chi connectivity index (χ2v) is 16.3. The number of carbonyl (C=O) groups is 3. The number of allylic oxidation sites excluding steroid dienone is 6. The van der Waals surface area contributed by atoms with Gasteiger partial charge >= 0.3 is 11.9 Å². The minimum absolute atomic E-state index is 0.0269. The van der Waals surface area contributed by atoms with Crippen molar-refractivity contribution in [2.75, 3.05) is 41.0 Å². The Balaban J connectivity index is 4.18. The van der Waals surface area contributed by atoms with Gasteiger partial charge < -0.3 is 28.6 Å². The average Bonchev–Trinajstić information content (AvgIpc) is 3.14. The molecule has 2 unspecified atom stereocenters. The number of rotatable bonds is 40. The first kappa shape index (κ1) is 52.6. The van der Waals surface area contributed by atoms with Gasteiger partial charge in [0.2, 0.25) is 0 Å². The molecule has 0 rings (SSSR count). The van der Waals surface area contributed by atoms with E-state index in [0.29, 0.717) is 12.8 Å². The minimum atomic E-state index is -1.13. The second kappa shape index (κ2) is 38.4.